The maximum absolute atomic E-state index is 7.23. The summed E-state index contributed by atoms with van der Waals surface area (Å²) in [6, 6.07) is 0. The van der Waals surface area contributed by atoms with Gasteiger partial charge in [0.2, 0.25) is 0 Å². The van der Waals surface area contributed by atoms with Gasteiger partial charge in [-0.3, -0.25) is 0 Å². The topological polar surface area (TPSA) is 95.4 Å². The lowest BCUT2D eigenvalue weighted by molar-refractivity contribution is 0.584. The molecule has 0 unspecified atom stereocenters. The third-order valence-electron chi connectivity index (χ3n) is 3.59. The highest BCUT2D eigenvalue weighted by molar-refractivity contribution is 5.84. The lowest BCUT2D eigenvalue weighted by atomic mass is 9.91. The molecule has 0 aromatic heterocycles. The lowest BCUT2D eigenvalue weighted by Gasteiger charge is -2.14. The summed E-state index contributed by atoms with van der Waals surface area (Å²) in [5, 5.41) is 28.8. The second kappa shape index (κ2) is 31.7. The zero-order valence-electron chi connectivity index (χ0n) is 41.1. The Balaban J connectivity index is -0.0000000691. The fraction of sp³-hybridized carbons (Fsp3) is 0.900. The molecule has 0 rings (SSSR count). The van der Waals surface area contributed by atoms with Crippen LogP contribution in [0.25, 0.3) is 0 Å². The Morgan fingerprint density at radius 1 is 0.386 bits per heavy atom. The normalized spacial score (nSPS) is 12.9. The van der Waals surface area contributed by atoms with Crippen LogP contribution < -0.4 is 0 Å². The fourth-order valence-corrected chi connectivity index (χ4v) is 0. The first kappa shape index (κ1) is 44.8. The highest BCUT2D eigenvalue weighted by Crippen LogP contribution is 2.14. The van der Waals surface area contributed by atoms with Gasteiger partial charge in [-0.1, -0.05) is 166 Å². The van der Waals surface area contributed by atoms with Crippen LogP contribution >= 0.6 is 0 Å². The van der Waals surface area contributed by atoms with Crippen LogP contribution in [0.3, 0.4) is 0 Å². The van der Waals surface area contributed by atoms with E-state index in [0.717, 1.165) is 29.4 Å². The van der Waals surface area contributed by atoms with E-state index in [9.17, 15) is 0 Å². The number of hydrogen-bond donors (Lipinski definition) is 4. The molecule has 44 heavy (non-hydrogen) atoms. The summed E-state index contributed by atoms with van der Waals surface area (Å²) in [5.74, 6) is 3.33. The first-order valence-corrected chi connectivity index (χ1v) is 16.3. The van der Waals surface area contributed by atoms with Crippen LogP contribution in [0, 0.1) is 67.0 Å². The van der Waals surface area contributed by atoms with Crippen LogP contribution in [0.2, 0.25) is 0 Å². The maximum atomic E-state index is 7.23. The van der Waals surface area contributed by atoms with E-state index in [1.54, 1.807) is 20.8 Å². The summed E-state index contributed by atoms with van der Waals surface area (Å²) in [7, 11) is 0. The molecule has 0 spiro atoms. The monoisotopic (exact) mass is 635 g/mol. The van der Waals surface area contributed by atoms with Crippen molar-refractivity contribution in [3.63, 3.8) is 0 Å². The van der Waals surface area contributed by atoms with E-state index in [4.69, 9.17) is 29.9 Å². The van der Waals surface area contributed by atoms with Crippen LogP contribution in [-0.2, 0) is 0 Å². The van der Waals surface area contributed by atoms with E-state index in [1.165, 1.54) is 0 Å². The van der Waals surface area contributed by atoms with Crippen molar-refractivity contribution >= 4 is 22.8 Å². The first-order valence-electron chi connectivity index (χ1n) is 19.7. The third kappa shape index (κ3) is 125. The fourth-order valence-electron chi connectivity index (χ4n) is 0. The smallest absolute Gasteiger partial charge is 0.0292 e. The summed E-state index contributed by atoms with van der Waals surface area (Å²) in [4.78, 5) is 0. The molecular formula is C40H92N4. The van der Waals surface area contributed by atoms with E-state index in [1.807, 2.05) is 69.2 Å². The Kier molecular flexibility index (Phi) is 32.2. The molecule has 4 heteroatoms. The molecule has 0 aliphatic carbocycles. The Bertz CT molecular complexity index is 779. The average Bonchev–Trinajstić information content (AvgIpc) is 2.79. The lowest BCUT2D eigenvalue weighted by Crippen LogP contribution is -2.14. The molecule has 0 saturated carbocycles. The van der Waals surface area contributed by atoms with Crippen molar-refractivity contribution in [2.75, 3.05) is 0 Å². The highest BCUT2D eigenvalue weighted by Gasteiger charge is 2.12. The number of nitrogens with one attached hydrogen (secondary N) is 4. The molecule has 0 bridgehead atoms. The van der Waals surface area contributed by atoms with Crippen molar-refractivity contribution in [2.45, 2.75) is 194 Å². The van der Waals surface area contributed by atoms with Crippen LogP contribution in [0.15, 0.2) is 0 Å². The van der Waals surface area contributed by atoms with E-state index in [0.29, 0.717) is 5.71 Å². The van der Waals surface area contributed by atoms with Gasteiger partial charge in [0, 0.05) is 31.1 Å². The van der Waals surface area contributed by atoms with Gasteiger partial charge in [-0.05, 0) is 72.9 Å². The molecule has 0 heterocycles. The van der Waals surface area contributed by atoms with Crippen LogP contribution in [-0.4, -0.2) is 22.8 Å². The molecule has 0 saturated heterocycles. The Labute approximate surface area is 291 Å². The molecule has 4 N–H and O–H groups in total. The molecule has 0 aliphatic rings. The highest BCUT2D eigenvalue weighted by atomic mass is 14.5. The van der Waals surface area contributed by atoms with Crippen molar-refractivity contribution in [1.82, 2.24) is 0 Å². The Morgan fingerprint density at radius 3 is 0.568 bits per heavy atom. The summed E-state index contributed by atoms with van der Waals surface area (Å²) in [5.41, 5.74) is 0.369. The van der Waals surface area contributed by atoms with Gasteiger partial charge in [0.25, 0.3) is 0 Å². The van der Waals surface area contributed by atoms with Crippen LogP contribution in [0.4, 0.5) is 0 Å². The molecule has 0 aromatic carbocycles. The second-order valence-corrected chi connectivity index (χ2v) is 17.8. The summed E-state index contributed by atoms with van der Waals surface area (Å²) in [6.45, 7) is 47.3. The van der Waals surface area contributed by atoms with Crippen molar-refractivity contribution in [2.24, 2.45) is 45.3 Å². The van der Waals surface area contributed by atoms with Crippen molar-refractivity contribution in [3.8, 4) is 0 Å². The molecule has 0 radical (unpaired) electrons. The van der Waals surface area contributed by atoms with Gasteiger partial charge < -0.3 is 21.6 Å². The number of rotatable bonds is 0. The minimum absolute atomic E-state index is 0.0833. The molecular weight excluding hydrogens is 536 g/mol. The first-order chi connectivity index (χ1) is 21.4. The van der Waals surface area contributed by atoms with E-state index in [2.05, 4.69) is 83.1 Å². The second-order valence-electron chi connectivity index (χ2n) is 17.8. The van der Waals surface area contributed by atoms with Crippen molar-refractivity contribution in [1.29, 1.82) is 21.6 Å². The van der Waals surface area contributed by atoms with Gasteiger partial charge >= 0.3 is 0 Å². The van der Waals surface area contributed by atoms with Crippen LogP contribution in [0.1, 0.15) is 202 Å². The average molecular weight is 635 g/mol. The summed E-state index contributed by atoms with van der Waals surface area (Å²) < 4.78 is 41.3. The van der Waals surface area contributed by atoms with Gasteiger partial charge in [0.05, 0.1) is 0 Å². The molecule has 272 valence electrons. The zero-order chi connectivity index (χ0) is 43.4. The molecule has 0 aromatic rings. The predicted octanol–water partition coefficient (Wildman–Crippen LogP) is 14.9. The molecule has 0 atom stereocenters. The van der Waals surface area contributed by atoms with Gasteiger partial charge in [-0.25, -0.2) is 0 Å². The molecule has 4 nitrogen and oxygen atoms in total. The van der Waals surface area contributed by atoms with Gasteiger partial charge in [-0.15, -0.1) is 0 Å². The Morgan fingerprint density at radius 2 is 0.568 bits per heavy atom. The summed E-state index contributed by atoms with van der Waals surface area (Å²) >= 11 is 0. The van der Waals surface area contributed by atoms with Crippen molar-refractivity contribution < 1.29 is 8.22 Å². The minimum Gasteiger partial charge on any atom is -0.309 e. The molecule has 0 amide bonds. The Hall–Kier alpha value is -1.32. The van der Waals surface area contributed by atoms with Crippen LogP contribution in [0.5, 0.6) is 0 Å². The maximum Gasteiger partial charge on any atom is 0.0292 e. The predicted molar refractivity (Wildman–Crippen MR) is 213 cm³/mol. The minimum atomic E-state index is -2.22. The SMILES string of the molecule is CC(=N)C(C)(C)C.CC(C)C.CC(C)C.CC(C)C.CC(C)C.[2H]C([2H])([2H])C(=N)C(C)(C)C.[2H]C([2H])C(=N)C(C)(C)C.[2H]CC(=N)C(C)(C)C. The quantitative estimate of drug-likeness (QED) is 0.191. The van der Waals surface area contributed by atoms with E-state index in [-0.39, 0.29) is 34.6 Å². The standard InChI is InChI=1S/4C6H13N.4C4H10/c4*1-5(7)6(2,3)4;4*1-4(2)3/h4*7H,1-4H3;4*4H,1-3H3/i1D3;1D2;1D;;;;;. The largest absolute Gasteiger partial charge is 0.309 e. The van der Waals surface area contributed by atoms with E-state index < -0.39 is 19.1 Å². The third-order valence-corrected chi connectivity index (χ3v) is 3.59. The molecule has 0 fully saturated rings. The number of hydrogen-bond acceptors (Lipinski definition) is 4. The summed E-state index contributed by atoms with van der Waals surface area (Å²) in [6.07, 6.45) is 0. The molecule has 0 aliphatic heterocycles. The van der Waals surface area contributed by atoms with Gasteiger partial charge in [0.15, 0.2) is 0 Å². The van der Waals surface area contributed by atoms with Crippen molar-refractivity contribution in [3.05, 3.63) is 0 Å². The van der Waals surface area contributed by atoms with Gasteiger partial charge in [-0.2, -0.15) is 0 Å². The zero-order valence-corrected chi connectivity index (χ0v) is 35.1. The van der Waals surface area contributed by atoms with E-state index >= 15 is 0 Å². The van der Waals surface area contributed by atoms with Gasteiger partial charge in [0.1, 0.15) is 0 Å².